The summed E-state index contributed by atoms with van der Waals surface area (Å²) in [5, 5.41) is 2.26. The van der Waals surface area contributed by atoms with Crippen molar-refractivity contribution in [2.24, 2.45) is 0 Å². The maximum atomic E-state index is 6.19. The van der Waals surface area contributed by atoms with E-state index in [1.807, 2.05) is 12.1 Å². The zero-order chi connectivity index (χ0) is 37.5. The van der Waals surface area contributed by atoms with Crippen LogP contribution in [0.1, 0.15) is 22.3 Å². The number of rotatable bonds is 5. The Hall–Kier alpha value is -7.42. The fraction of sp³-hybridized carbons (Fsp3) is 0.0182. The highest BCUT2D eigenvalue weighted by molar-refractivity contribution is 6.06. The van der Waals surface area contributed by atoms with Gasteiger partial charge in [0.05, 0.1) is 5.41 Å². The average molecular weight is 726 g/mol. The molecule has 0 amide bonds. The fourth-order valence-corrected chi connectivity index (χ4v) is 9.84. The number of hydrogen-bond acceptors (Lipinski definition) is 2. The number of anilines is 3. The van der Waals surface area contributed by atoms with Crippen LogP contribution in [0.15, 0.2) is 217 Å². The molecule has 1 spiro atoms. The Labute approximate surface area is 331 Å². The minimum Gasteiger partial charge on any atom is -0.456 e. The summed E-state index contributed by atoms with van der Waals surface area (Å²) >= 11 is 0. The average Bonchev–Trinajstić information content (AvgIpc) is 3.91. The predicted octanol–water partition coefficient (Wildman–Crippen LogP) is 14.7. The van der Waals surface area contributed by atoms with Crippen LogP contribution < -0.4 is 4.90 Å². The molecule has 0 saturated heterocycles. The molecule has 0 aliphatic heterocycles. The van der Waals surface area contributed by atoms with E-state index >= 15 is 0 Å². The third kappa shape index (κ3) is 4.65. The van der Waals surface area contributed by atoms with Crippen LogP contribution in [0.4, 0.5) is 17.1 Å². The molecule has 0 saturated carbocycles. The van der Waals surface area contributed by atoms with Crippen molar-refractivity contribution in [2.45, 2.75) is 5.41 Å². The smallest absolute Gasteiger partial charge is 0.135 e. The lowest BCUT2D eigenvalue weighted by molar-refractivity contribution is 0.669. The molecule has 0 fully saturated rings. The lowest BCUT2D eigenvalue weighted by atomic mass is 9.70. The third-order valence-electron chi connectivity index (χ3n) is 12.3. The highest BCUT2D eigenvalue weighted by Gasteiger charge is 2.51. The Bertz CT molecular complexity index is 3140. The molecular formula is C55H35NO. The Morgan fingerprint density at radius 3 is 1.54 bits per heavy atom. The lowest BCUT2D eigenvalue weighted by Crippen LogP contribution is -2.25. The van der Waals surface area contributed by atoms with Gasteiger partial charge in [-0.1, -0.05) is 158 Å². The van der Waals surface area contributed by atoms with Gasteiger partial charge in [0, 0.05) is 27.8 Å². The van der Waals surface area contributed by atoms with Gasteiger partial charge in [-0.3, -0.25) is 0 Å². The number of nitrogens with zero attached hydrogens (tertiary/aromatic N) is 1. The van der Waals surface area contributed by atoms with Crippen molar-refractivity contribution in [2.75, 3.05) is 4.90 Å². The second-order valence-electron chi connectivity index (χ2n) is 15.2. The van der Waals surface area contributed by atoms with E-state index in [4.69, 9.17) is 4.42 Å². The van der Waals surface area contributed by atoms with E-state index in [1.54, 1.807) is 0 Å². The van der Waals surface area contributed by atoms with E-state index in [0.29, 0.717) is 0 Å². The molecule has 1 aromatic heterocycles. The molecule has 2 heteroatoms. The van der Waals surface area contributed by atoms with E-state index < -0.39 is 0 Å². The first kappa shape index (κ1) is 31.9. The number of benzene rings is 9. The largest absolute Gasteiger partial charge is 0.456 e. The Balaban J connectivity index is 1.05. The van der Waals surface area contributed by atoms with Gasteiger partial charge in [-0.25, -0.2) is 0 Å². The van der Waals surface area contributed by atoms with Crippen molar-refractivity contribution >= 4 is 39.0 Å². The summed E-state index contributed by atoms with van der Waals surface area (Å²) in [5.41, 5.74) is 20.0. The predicted molar refractivity (Wildman–Crippen MR) is 236 cm³/mol. The molecule has 0 atom stereocenters. The minimum absolute atomic E-state index is 0.379. The van der Waals surface area contributed by atoms with Crippen LogP contribution in [0.2, 0.25) is 0 Å². The summed E-state index contributed by atoms with van der Waals surface area (Å²) in [6.45, 7) is 0. The molecule has 2 aliphatic rings. The molecule has 12 rings (SSSR count). The highest BCUT2D eigenvalue weighted by Crippen LogP contribution is 2.63. The maximum Gasteiger partial charge on any atom is 0.135 e. The summed E-state index contributed by atoms with van der Waals surface area (Å²) in [6.07, 6.45) is 0. The molecule has 266 valence electrons. The molecule has 9 aromatic carbocycles. The quantitative estimate of drug-likeness (QED) is 0.176. The van der Waals surface area contributed by atoms with Crippen molar-refractivity contribution in [3.05, 3.63) is 235 Å². The Morgan fingerprint density at radius 1 is 0.298 bits per heavy atom. The molecule has 0 bridgehead atoms. The number of furan rings is 1. The van der Waals surface area contributed by atoms with Crippen LogP contribution in [0.5, 0.6) is 0 Å². The maximum absolute atomic E-state index is 6.19. The van der Waals surface area contributed by atoms with Crippen molar-refractivity contribution in [3.8, 4) is 44.5 Å². The van der Waals surface area contributed by atoms with Gasteiger partial charge in [-0.15, -0.1) is 0 Å². The normalized spacial score (nSPS) is 13.1. The second kappa shape index (κ2) is 12.3. The number of hydrogen-bond donors (Lipinski definition) is 0. The summed E-state index contributed by atoms with van der Waals surface area (Å²) in [7, 11) is 0. The second-order valence-corrected chi connectivity index (χ2v) is 15.2. The van der Waals surface area contributed by atoms with Crippen molar-refractivity contribution in [1.82, 2.24) is 0 Å². The van der Waals surface area contributed by atoms with Gasteiger partial charge < -0.3 is 9.32 Å². The molecule has 1 heterocycles. The third-order valence-corrected chi connectivity index (χ3v) is 12.3. The Morgan fingerprint density at radius 2 is 0.807 bits per heavy atom. The van der Waals surface area contributed by atoms with Crippen LogP contribution in [0.25, 0.3) is 66.4 Å². The van der Waals surface area contributed by atoms with Gasteiger partial charge in [0.15, 0.2) is 0 Å². The highest BCUT2D eigenvalue weighted by atomic mass is 16.3. The fourth-order valence-electron chi connectivity index (χ4n) is 9.84. The lowest BCUT2D eigenvalue weighted by Gasteiger charge is -2.31. The van der Waals surface area contributed by atoms with Crippen molar-refractivity contribution in [1.29, 1.82) is 0 Å². The van der Waals surface area contributed by atoms with Crippen molar-refractivity contribution < 1.29 is 4.42 Å². The zero-order valence-electron chi connectivity index (χ0n) is 31.1. The molecular weight excluding hydrogens is 691 g/mol. The summed E-state index contributed by atoms with van der Waals surface area (Å²) in [6, 6.07) is 77.5. The first-order valence-electron chi connectivity index (χ1n) is 19.7. The first-order chi connectivity index (χ1) is 28.3. The van der Waals surface area contributed by atoms with E-state index in [1.165, 1.54) is 55.6 Å². The van der Waals surface area contributed by atoms with E-state index in [-0.39, 0.29) is 5.41 Å². The molecule has 2 nitrogen and oxygen atoms in total. The minimum atomic E-state index is -0.379. The van der Waals surface area contributed by atoms with Crippen LogP contribution in [0.3, 0.4) is 0 Å². The first-order valence-corrected chi connectivity index (χ1v) is 19.7. The van der Waals surface area contributed by atoms with Gasteiger partial charge in [0.2, 0.25) is 0 Å². The van der Waals surface area contributed by atoms with Gasteiger partial charge in [0.25, 0.3) is 0 Å². The summed E-state index contributed by atoms with van der Waals surface area (Å²) in [5.74, 6) is 0. The molecule has 57 heavy (non-hydrogen) atoms. The van der Waals surface area contributed by atoms with Crippen LogP contribution in [0, 0.1) is 0 Å². The topological polar surface area (TPSA) is 16.4 Å². The molecule has 0 unspecified atom stereocenters. The standard InChI is InChI=1S/C55H35NO/c1-2-13-36(14-3-1)37-25-28-40(29-26-37)56(41-16-12-15-38(33-41)39-27-32-54-48(34-39)46-20-7-11-24-53(46)57-54)42-30-31-52-47(35-42)45-19-6-10-23-51(45)55(52)49-21-8-4-17-43(49)44-18-5-9-22-50(44)55/h1-35H. The Kier molecular flexibility index (Phi) is 6.88. The SMILES string of the molecule is c1ccc(-c2ccc(N(c3cccc(-c4ccc5oc6ccccc6c5c4)c3)c3ccc4c(c3)-c3ccccc3C43c4ccccc4-c4ccccc43)cc2)cc1. The van der Waals surface area contributed by atoms with Gasteiger partial charge >= 0.3 is 0 Å². The van der Waals surface area contributed by atoms with Crippen LogP contribution >= 0.6 is 0 Å². The molecule has 0 N–H and O–H groups in total. The van der Waals surface area contributed by atoms with Gasteiger partial charge in [-0.05, 0) is 121 Å². The van der Waals surface area contributed by atoms with Gasteiger partial charge in [-0.2, -0.15) is 0 Å². The summed E-state index contributed by atoms with van der Waals surface area (Å²) < 4.78 is 6.19. The molecule has 2 aliphatic carbocycles. The van der Waals surface area contributed by atoms with E-state index in [2.05, 4.69) is 205 Å². The van der Waals surface area contributed by atoms with E-state index in [9.17, 15) is 0 Å². The van der Waals surface area contributed by atoms with Gasteiger partial charge in [0.1, 0.15) is 11.2 Å². The van der Waals surface area contributed by atoms with Crippen LogP contribution in [-0.4, -0.2) is 0 Å². The summed E-state index contributed by atoms with van der Waals surface area (Å²) in [4.78, 5) is 2.41. The van der Waals surface area contributed by atoms with E-state index in [0.717, 1.165) is 50.1 Å². The monoisotopic (exact) mass is 725 g/mol. The number of fused-ring (bicyclic) bond motifs is 13. The van der Waals surface area contributed by atoms with Crippen molar-refractivity contribution in [3.63, 3.8) is 0 Å². The molecule has 10 aromatic rings. The number of para-hydroxylation sites is 1. The molecule has 0 radical (unpaired) electrons. The van der Waals surface area contributed by atoms with Crippen LogP contribution in [-0.2, 0) is 5.41 Å². The zero-order valence-corrected chi connectivity index (χ0v) is 31.1.